The van der Waals surface area contributed by atoms with Crippen LogP contribution in [0.2, 0.25) is 0 Å². The number of amides is 1. The molecule has 1 N–H and O–H groups in total. The lowest BCUT2D eigenvalue weighted by Crippen LogP contribution is -2.39. The van der Waals surface area contributed by atoms with Gasteiger partial charge in [0.05, 0.1) is 6.04 Å². The topological polar surface area (TPSA) is 41.6 Å². The highest BCUT2D eigenvalue weighted by molar-refractivity contribution is 5.67. The van der Waals surface area contributed by atoms with E-state index >= 15 is 0 Å². The monoisotopic (exact) mass is 290 g/mol. The number of hydrogen-bond donors (Lipinski definition) is 1. The fourth-order valence-corrected chi connectivity index (χ4v) is 2.68. The Hall–Kier alpha value is -1.55. The Morgan fingerprint density at radius 3 is 2.43 bits per heavy atom. The molecule has 116 valence electrons. The molecule has 1 heterocycles. The number of hydrogen-bond acceptors (Lipinski definition) is 3. The van der Waals surface area contributed by atoms with Crippen LogP contribution in [0.3, 0.4) is 0 Å². The molecule has 0 bridgehead atoms. The summed E-state index contributed by atoms with van der Waals surface area (Å²) in [5, 5.41) is 2.91. The van der Waals surface area contributed by atoms with Crippen molar-refractivity contribution in [2.45, 2.75) is 45.3 Å². The lowest BCUT2D eigenvalue weighted by atomic mass is 10.1. The second kappa shape index (κ2) is 6.94. The minimum Gasteiger partial charge on any atom is -0.444 e. The first-order valence-electron chi connectivity index (χ1n) is 7.71. The second-order valence-corrected chi connectivity index (χ2v) is 6.55. The molecule has 1 atom stereocenters. The molecule has 0 aliphatic carbocycles. The molecule has 1 aliphatic heterocycles. The molecule has 2 rings (SSSR count). The van der Waals surface area contributed by atoms with E-state index in [4.69, 9.17) is 4.74 Å². The van der Waals surface area contributed by atoms with Gasteiger partial charge < -0.3 is 10.1 Å². The minimum atomic E-state index is -0.458. The molecule has 0 aromatic heterocycles. The first-order chi connectivity index (χ1) is 9.96. The first-order valence-corrected chi connectivity index (χ1v) is 7.71. The predicted octanol–water partition coefficient (Wildman–Crippen LogP) is 3.35. The predicted molar refractivity (Wildman–Crippen MR) is 84.2 cm³/mol. The minimum absolute atomic E-state index is 0.223. The van der Waals surface area contributed by atoms with E-state index < -0.39 is 5.60 Å². The zero-order valence-electron chi connectivity index (χ0n) is 13.3. The van der Waals surface area contributed by atoms with Crippen molar-refractivity contribution in [2.75, 3.05) is 19.6 Å². The van der Waals surface area contributed by atoms with Gasteiger partial charge in [-0.05, 0) is 52.3 Å². The molecule has 1 aliphatic rings. The first kappa shape index (κ1) is 15.8. The van der Waals surface area contributed by atoms with Crippen molar-refractivity contribution in [1.82, 2.24) is 10.2 Å². The molecule has 0 saturated carbocycles. The summed E-state index contributed by atoms with van der Waals surface area (Å²) in [6.07, 6.45) is 2.12. The van der Waals surface area contributed by atoms with Crippen LogP contribution in [0.4, 0.5) is 4.79 Å². The van der Waals surface area contributed by atoms with Crippen LogP contribution in [0.5, 0.6) is 0 Å². The third kappa shape index (κ3) is 5.05. The van der Waals surface area contributed by atoms with Crippen LogP contribution in [0.25, 0.3) is 0 Å². The lowest BCUT2D eigenvalue weighted by molar-refractivity contribution is 0.0510. The number of likely N-dealkylation sites (tertiary alicyclic amines) is 1. The summed E-state index contributed by atoms with van der Waals surface area (Å²) < 4.78 is 5.32. The van der Waals surface area contributed by atoms with Crippen molar-refractivity contribution in [1.29, 1.82) is 0 Å². The van der Waals surface area contributed by atoms with Crippen LogP contribution < -0.4 is 5.32 Å². The van der Waals surface area contributed by atoms with Gasteiger partial charge in [0.15, 0.2) is 0 Å². The van der Waals surface area contributed by atoms with Crippen LogP contribution in [0, 0.1) is 0 Å². The molecule has 1 aromatic rings. The third-order valence-corrected chi connectivity index (χ3v) is 3.60. The maximum absolute atomic E-state index is 11.9. The van der Waals surface area contributed by atoms with Gasteiger partial charge in [-0.1, -0.05) is 30.3 Å². The van der Waals surface area contributed by atoms with E-state index in [1.165, 1.54) is 18.4 Å². The fourth-order valence-electron chi connectivity index (χ4n) is 2.68. The molecule has 0 radical (unpaired) electrons. The van der Waals surface area contributed by atoms with Gasteiger partial charge in [-0.3, -0.25) is 4.90 Å². The number of benzene rings is 1. The molecule has 1 saturated heterocycles. The standard InChI is InChI=1S/C17H26N2O2/c1-17(2,3)21-16(20)18-13-15(19-11-7-8-12-19)14-9-5-4-6-10-14/h4-6,9-10,15H,7-8,11-13H2,1-3H3,(H,18,20). The van der Waals surface area contributed by atoms with Crippen molar-refractivity contribution < 1.29 is 9.53 Å². The number of alkyl carbamates (subject to hydrolysis) is 1. The molecular weight excluding hydrogens is 264 g/mol. The number of nitrogens with zero attached hydrogens (tertiary/aromatic N) is 1. The Labute approximate surface area is 127 Å². The van der Waals surface area contributed by atoms with Gasteiger partial charge in [0.2, 0.25) is 0 Å². The Kier molecular flexibility index (Phi) is 5.23. The van der Waals surface area contributed by atoms with E-state index in [1.54, 1.807) is 0 Å². The summed E-state index contributed by atoms with van der Waals surface area (Å²) >= 11 is 0. The van der Waals surface area contributed by atoms with Gasteiger partial charge in [0.25, 0.3) is 0 Å². The van der Waals surface area contributed by atoms with E-state index in [-0.39, 0.29) is 12.1 Å². The van der Waals surface area contributed by atoms with Crippen molar-refractivity contribution in [2.24, 2.45) is 0 Å². The maximum atomic E-state index is 11.9. The quantitative estimate of drug-likeness (QED) is 0.924. The summed E-state index contributed by atoms with van der Waals surface area (Å²) in [5.74, 6) is 0. The van der Waals surface area contributed by atoms with Crippen molar-refractivity contribution in [3.8, 4) is 0 Å². The molecule has 1 unspecified atom stereocenters. The van der Waals surface area contributed by atoms with Gasteiger partial charge in [-0.25, -0.2) is 4.79 Å². The molecular formula is C17H26N2O2. The smallest absolute Gasteiger partial charge is 0.407 e. The number of carbonyl (C=O) groups is 1. The molecule has 4 nitrogen and oxygen atoms in total. The maximum Gasteiger partial charge on any atom is 0.407 e. The third-order valence-electron chi connectivity index (χ3n) is 3.60. The molecule has 4 heteroatoms. The SMILES string of the molecule is CC(C)(C)OC(=O)NCC(c1ccccc1)N1CCCC1. The Balaban J connectivity index is 1.98. The Morgan fingerprint density at radius 2 is 1.86 bits per heavy atom. The average molecular weight is 290 g/mol. The zero-order valence-corrected chi connectivity index (χ0v) is 13.3. The normalized spacial score (nSPS) is 17.5. The highest BCUT2D eigenvalue weighted by atomic mass is 16.6. The van der Waals surface area contributed by atoms with Crippen molar-refractivity contribution in [3.05, 3.63) is 35.9 Å². The summed E-state index contributed by atoms with van der Waals surface area (Å²) in [4.78, 5) is 14.3. The van der Waals surface area contributed by atoms with Gasteiger partial charge in [0.1, 0.15) is 5.60 Å². The average Bonchev–Trinajstić information content (AvgIpc) is 2.92. The Morgan fingerprint density at radius 1 is 1.24 bits per heavy atom. The molecule has 1 aromatic carbocycles. The van der Waals surface area contributed by atoms with Crippen LogP contribution in [-0.4, -0.2) is 36.2 Å². The summed E-state index contributed by atoms with van der Waals surface area (Å²) in [7, 11) is 0. The zero-order chi connectivity index (χ0) is 15.3. The fraction of sp³-hybridized carbons (Fsp3) is 0.588. The summed E-state index contributed by atoms with van der Waals surface area (Å²) in [5.41, 5.74) is 0.787. The summed E-state index contributed by atoms with van der Waals surface area (Å²) in [6.45, 7) is 8.40. The largest absolute Gasteiger partial charge is 0.444 e. The van der Waals surface area contributed by atoms with E-state index in [0.717, 1.165) is 13.1 Å². The highest BCUT2D eigenvalue weighted by Crippen LogP contribution is 2.24. The van der Waals surface area contributed by atoms with Crippen LogP contribution >= 0.6 is 0 Å². The van der Waals surface area contributed by atoms with E-state index in [9.17, 15) is 4.79 Å². The van der Waals surface area contributed by atoms with E-state index in [2.05, 4.69) is 22.3 Å². The lowest BCUT2D eigenvalue weighted by Gasteiger charge is -2.29. The van der Waals surface area contributed by atoms with Crippen LogP contribution in [-0.2, 0) is 4.74 Å². The van der Waals surface area contributed by atoms with Crippen LogP contribution in [0.15, 0.2) is 30.3 Å². The molecule has 0 spiro atoms. The molecule has 1 amide bonds. The van der Waals surface area contributed by atoms with E-state index in [1.807, 2.05) is 39.0 Å². The number of rotatable bonds is 4. The van der Waals surface area contributed by atoms with Gasteiger partial charge >= 0.3 is 6.09 Å². The highest BCUT2D eigenvalue weighted by Gasteiger charge is 2.24. The number of nitrogens with one attached hydrogen (secondary N) is 1. The van der Waals surface area contributed by atoms with Gasteiger partial charge in [0, 0.05) is 6.54 Å². The second-order valence-electron chi connectivity index (χ2n) is 6.55. The Bertz CT molecular complexity index is 448. The number of ether oxygens (including phenoxy) is 1. The number of carbonyl (C=O) groups excluding carboxylic acids is 1. The van der Waals surface area contributed by atoms with Gasteiger partial charge in [-0.2, -0.15) is 0 Å². The molecule has 1 fully saturated rings. The summed E-state index contributed by atoms with van der Waals surface area (Å²) in [6, 6.07) is 10.6. The molecule has 21 heavy (non-hydrogen) atoms. The van der Waals surface area contributed by atoms with Crippen molar-refractivity contribution >= 4 is 6.09 Å². The van der Waals surface area contributed by atoms with E-state index in [0.29, 0.717) is 6.54 Å². The van der Waals surface area contributed by atoms with Crippen LogP contribution in [0.1, 0.15) is 45.2 Å². The van der Waals surface area contributed by atoms with Gasteiger partial charge in [-0.15, -0.1) is 0 Å². The van der Waals surface area contributed by atoms with Crippen molar-refractivity contribution in [3.63, 3.8) is 0 Å².